The van der Waals surface area contributed by atoms with Gasteiger partial charge in [0, 0.05) is 0 Å². The van der Waals surface area contributed by atoms with Crippen molar-refractivity contribution in [2.45, 2.75) is 118 Å². The Labute approximate surface area is 225 Å². The highest BCUT2D eigenvalue weighted by Crippen LogP contribution is 2.22. The summed E-state index contributed by atoms with van der Waals surface area (Å²) >= 11 is 0. The molecule has 7 heteroatoms. The number of carbonyl (C=O) groups is 3. The minimum Gasteiger partial charge on any atom is -0.481 e. The standard InChI is InChI=1S/C30H55NO6/c1-5-6-7-8-9-10-11-12-13-14-15-16-17-18-19-20-21-31(22-25(2)28(32)33,23-26(3)29(34)35)24-27(4)30(36)37/h9-10,25-27H,5-8,11-24H2,1-4H3,(H2-,32,33,34,35,36,37)/p+1/b10-9+. The molecule has 0 amide bonds. The Morgan fingerprint density at radius 2 is 0.892 bits per heavy atom. The number of unbranched alkanes of at least 4 members (excludes halogenated alkanes) is 12. The average Bonchev–Trinajstić information content (AvgIpc) is 2.83. The van der Waals surface area contributed by atoms with E-state index in [0.29, 0.717) is 6.54 Å². The van der Waals surface area contributed by atoms with Gasteiger partial charge >= 0.3 is 17.9 Å². The Balaban J connectivity index is 4.51. The van der Waals surface area contributed by atoms with Gasteiger partial charge in [-0.1, -0.05) is 70.4 Å². The van der Waals surface area contributed by atoms with Gasteiger partial charge in [-0.25, -0.2) is 0 Å². The topological polar surface area (TPSA) is 112 Å². The SMILES string of the molecule is CCCCC/C=C/CCCCCCCCCCC[N+](CC(C)C(=O)O)(CC(C)C(=O)O)CC(C)C(=O)O. The van der Waals surface area contributed by atoms with Crippen molar-refractivity contribution in [1.82, 2.24) is 0 Å². The molecule has 0 saturated carbocycles. The molecule has 0 heterocycles. The van der Waals surface area contributed by atoms with Gasteiger partial charge in [0.15, 0.2) is 0 Å². The zero-order chi connectivity index (χ0) is 28.1. The number of carboxylic acid groups (broad SMARTS) is 3. The summed E-state index contributed by atoms with van der Waals surface area (Å²) in [6.45, 7) is 8.45. The predicted molar refractivity (Wildman–Crippen MR) is 150 cm³/mol. The van der Waals surface area contributed by atoms with E-state index in [0.717, 1.165) is 19.3 Å². The highest BCUT2D eigenvalue weighted by molar-refractivity contribution is 5.70. The van der Waals surface area contributed by atoms with E-state index in [2.05, 4.69) is 19.1 Å². The molecule has 0 radical (unpaired) electrons. The van der Waals surface area contributed by atoms with Crippen LogP contribution in [0.4, 0.5) is 0 Å². The summed E-state index contributed by atoms with van der Waals surface area (Å²) in [7, 11) is 0. The summed E-state index contributed by atoms with van der Waals surface area (Å²) in [5.41, 5.74) is 0. The van der Waals surface area contributed by atoms with Crippen LogP contribution in [0, 0.1) is 17.8 Å². The molecule has 0 aromatic carbocycles. The summed E-state index contributed by atoms with van der Waals surface area (Å²) in [5.74, 6) is -4.81. The minimum atomic E-state index is -0.934. The molecular formula is C30H56NO6+. The fourth-order valence-electron chi connectivity index (χ4n) is 5.17. The van der Waals surface area contributed by atoms with Crippen molar-refractivity contribution >= 4 is 17.9 Å². The van der Waals surface area contributed by atoms with E-state index in [4.69, 9.17) is 0 Å². The van der Waals surface area contributed by atoms with Crippen LogP contribution in [0.1, 0.15) is 118 Å². The number of nitrogens with zero attached hydrogens (tertiary/aromatic N) is 1. The second-order valence-electron chi connectivity index (χ2n) is 11.3. The van der Waals surface area contributed by atoms with E-state index in [9.17, 15) is 29.7 Å². The Hall–Kier alpha value is -1.89. The molecule has 0 aliphatic heterocycles. The molecule has 3 unspecified atom stereocenters. The normalized spacial score (nSPS) is 15.8. The maximum Gasteiger partial charge on any atom is 0.311 e. The number of rotatable bonds is 25. The first-order valence-corrected chi connectivity index (χ1v) is 14.7. The van der Waals surface area contributed by atoms with Gasteiger partial charge < -0.3 is 19.8 Å². The van der Waals surface area contributed by atoms with Crippen LogP contribution in [-0.2, 0) is 14.4 Å². The van der Waals surface area contributed by atoms with Crippen molar-refractivity contribution in [2.24, 2.45) is 17.8 Å². The zero-order valence-corrected chi connectivity index (χ0v) is 24.1. The van der Waals surface area contributed by atoms with Crippen LogP contribution in [0.5, 0.6) is 0 Å². The number of carboxylic acids is 3. The quantitative estimate of drug-likeness (QED) is 0.0670. The van der Waals surface area contributed by atoms with Gasteiger partial charge in [-0.2, -0.15) is 0 Å². The molecule has 0 rings (SSSR count). The van der Waals surface area contributed by atoms with Crippen molar-refractivity contribution in [3.8, 4) is 0 Å². The lowest BCUT2D eigenvalue weighted by Crippen LogP contribution is -2.57. The molecule has 0 aliphatic carbocycles. The van der Waals surface area contributed by atoms with Crippen LogP contribution < -0.4 is 0 Å². The first-order valence-electron chi connectivity index (χ1n) is 14.7. The monoisotopic (exact) mass is 526 g/mol. The second kappa shape index (κ2) is 21.1. The first-order chi connectivity index (χ1) is 17.5. The highest BCUT2D eigenvalue weighted by Gasteiger charge is 2.38. The zero-order valence-electron chi connectivity index (χ0n) is 24.1. The third-order valence-electron chi connectivity index (χ3n) is 7.39. The number of hydrogen-bond acceptors (Lipinski definition) is 3. The summed E-state index contributed by atoms with van der Waals surface area (Å²) < 4.78 is 0.224. The van der Waals surface area contributed by atoms with Crippen molar-refractivity contribution in [1.29, 1.82) is 0 Å². The molecule has 0 spiro atoms. The highest BCUT2D eigenvalue weighted by atomic mass is 16.4. The maximum absolute atomic E-state index is 11.6. The van der Waals surface area contributed by atoms with Crippen LogP contribution in [0.25, 0.3) is 0 Å². The molecule has 37 heavy (non-hydrogen) atoms. The van der Waals surface area contributed by atoms with Crippen molar-refractivity contribution in [2.75, 3.05) is 26.2 Å². The van der Waals surface area contributed by atoms with Crippen molar-refractivity contribution in [3.05, 3.63) is 12.2 Å². The summed E-state index contributed by atoms with van der Waals surface area (Å²) in [4.78, 5) is 34.8. The second-order valence-corrected chi connectivity index (χ2v) is 11.3. The predicted octanol–water partition coefficient (Wildman–Crippen LogP) is 7.00. The van der Waals surface area contributed by atoms with E-state index in [1.54, 1.807) is 20.8 Å². The fourth-order valence-corrected chi connectivity index (χ4v) is 5.17. The first kappa shape index (κ1) is 35.1. The van der Waals surface area contributed by atoms with Gasteiger partial charge in [-0.3, -0.25) is 14.4 Å². The molecule has 0 aromatic rings. The summed E-state index contributed by atoms with van der Waals surface area (Å²) in [6, 6.07) is 0. The average molecular weight is 527 g/mol. The number of hydrogen-bond donors (Lipinski definition) is 3. The smallest absolute Gasteiger partial charge is 0.311 e. The lowest BCUT2D eigenvalue weighted by atomic mass is 10.00. The van der Waals surface area contributed by atoms with Crippen LogP contribution >= 0.6 is 0 Å². The number of allylic oxidation sites excluding steroid dienone is 2. The molecule has 7 nitrogen and oxygen atoms in total. The van der Waals surface area contributed by atoms with E-state index in [1.165, 1.54) is 70.6 Å². The Bertz CT molecular complexity index is 607. The molecule has 0 fully saturated rings. The minimum absolute atomic E-state index is 0.224. The van der Waals surface area contributed by atoms with E-state index in [-0.39, 0.29) is 24.1 Å². The molecular weight excluding hydrogens is 470 g/mol. The van der Waals surface area contributed by atoms with Crippen LogP contribution in [-0.4, -0.2) is 63.9 Å². The van der Waals surface area contributed by atoms with Crippen LogP contribution in [0.2, 0.25) is 0 Å². The molecule has 0 aliphatic rings. The van der Waals surface area contributed by atoms with E-state index >= 15 is 0 Å². The maximum atomic E-state index is 11.6. The van der Waals surface area contributed by atoms with Gasteiger partial charge in [0.05, 0.1) is 26.2 Å². The van der Waals surface area contributed by atoms with Gasteiger partial charge in [0.1, 0.15) is 17.8 Å². The third-order valence-corrected chi connectivity index (χ3v) is 7.39. The van der Waals surface area contributed by atoms with Crippen molar-refractivity contribution in [3.63, 3.8) is 0 Å². The van der Waals surface area contributed by atoms with Gasteiger partial charge in [-0.15, -0.1) is 0 Å². The number of aliphatic carboxylic acids is 3. The molecule has 3 atom stereocenters. The molecule has 0 saturated heterocycles. The molecule has 3 N–H and O–H groups in total. The summed E-state index contributed by atoms with van der Waals surface area (Å²) in [5, 5.41) is 28.5. The molecule has 216 valence electrons. The summed E-state index contributed by atoms with van der Waals surface area (Å²) in [6.07, 6.45) is 21.4. The van der Waals surface area contributed by atoms with Gasteiger partial charge in [-0.05, 0) is 59.3 Å². The van der Waals surface area contributed by atoms with Crippen LogP contribution in [0.3, 0.4) is 0 Å². The Kier molecular flexibility index (Phi) is 20.0. The molecule has 0 aromatic heterocycles. The third kappa shape index (κ3) is 18.1. The van der Waals surface area contributed by atoms with E-state index in [1.807, 2.05) is 0 Å². The van der Waals surface area contributed by atoms with Crippen LogP contribution in [0.15, 0.2) is 12.2 Å². The van der Waals surface area contributed by atoms with Crippen molar-refractivity contribution < 1.29 is 34.2 Å². The Morgan fingerprint density at radius 1 is 0.568 bits per heavy atom. The largest absolute Gasteiger partial charge is 0.481 e. The fraction of sp³-hybridized carbons (Fsp3) is 0.833. The number of quaternary nitrogens is 1. The lowest BCUT2D eigenvalue weighted by Gasteiger charge is -2.42. The Morgan fingerprint density at radius 3 is 1.24 bits per heavy atom. The van der Waals surface area contributed by atoms with E-state index < -0.39 is 35.7 Å². The van der Waals surface area contributed by atoms with Gasteiger partial charge in [0.25, 0.3) is 0 Å². The lowest BCUT2D eigenvalue weighted by molar-refractivity contribution is -0.934. The molecule has 0 bridgehead atoms. The van der Waals surface area contributed by atoms with Gasteiger partial charge in [0.2, 0.25) is 0 Å².